The molecule has 0 aromatic heterocycles. The van der Waals surface area contributed by atoms with Crippen LogP contribution in [0, 0.1) is 11.3 Å². The topological polar surface area (TPSA) is 78.9 Å². The predicted octanol–water partition coefficient (Wildman–Crippen LogP) is 1.55. The van der Waals surface area contributed by atoms with E-state index in [2.05, 4.69) is 5.16 Å². The summed E-state index contributed by atoms with van der Waals surface area (Å²) in [4.78, 5) is 14.2. The van der Waals surface area contributed by atoms with E-state index in [1.807, 2.05) is 11.8 Å². The summed E-state index contributed by atoms with van der Waals surface area (Å²) in [6.07, 6.45) is 6.03. The molecule has 1 saturated heterocycles. The Hall–Kier alpha value is -1.26. The summed E-state index contributed by atoms with van der Waals surface area (Å²) < 4.78 is 0. The van der Waals surface area contributed by atoms with Crippen molar-refractivity contribution in [3.8, 4) is 0 Å². The van der Waals surface area contributed by atoms with Crippen LogP contribution in [0.2, 0.25) is 0 Å². The number of amidine groups is 1. The molecule has 2 rings (SSSR count). The molecule has 3 N–H and O–H groups in total. The first kappa shape index (κ1) is 13.2. The SMILES string of the molecule is CC1(C(N)=NO)CCN(C(=O)C2CCCC2)CC1. The zero-order valence-electron chi connectivity index (χ0n) is 11.1. The van der Waals surface area contributed by atoms with Crippen molar-refractivity contribution < 1.29 is 10.0 Å². The van der Waals surface area contributed by atoms with Gasteiger partial charge in [0.15, 0.2) is 0 Å². The average molecular weight is 253 g/mol. The smallest absolute Gasteiger partial charge is 0.225 e. The van der Waals surface area contributed by atoms with E-state index in [1.54, 1.807) is 0 Å². The van der Waals surface area contributed by atoms with Crippen LogP contribution in [-0.4, -0.2) is 34.9 Å². The van der Waals surface area contributed by atoms with Crippen LogP contribution in [0.4, 0.5) is 0 Å². The monoisotopic (exact) mass is 253 g/mol. The van der Waals surface area contributed by atoms with Crippen molar-refractivity contribution in [2.45, 2.75) is 45.4 Å². The maximum Gasteiger partial charge on any atom is 0.225 e. The van der Waals surface area contributed by atoms with Gasteiger partial charge in [-0.1, -0.05) is 24.9 Å². The van der Waals surface area contributed by atoms with Crippen LogP contribution in [0.1, 0.15) is 45.4 Å². The molecule has 0 aromatic carbocycles. The number of oxime groups is 1. The summed E-state index contributed by atoms with van der Waals surface area (Å²) in [5.41, 5.74) is 5.46. The summed E-state index contributed by atoms with van der Waals surface area (Å²) >= 11 is 0. The Bertz CT molecular complexity index is 340. The maximum atomic E-state index is 12.3. The Morgan fingerprint density at radius 1 is 1.33 bits per heavy atom. The van der Waals surface area contributed by atoms with Gasteiger partial charge in [-0.2, -0.15) is 0 Å². The van der Waals surface area contributed by atoms with Crippen LogP contribution >= 0.6 is 0 Å². The van der Waals surface area contributed by atoms with Gasteiger partial charge < -0.3 is 15.8 Å². The molecule has 0 unspecified atom stereocenters. The van der Waals surface area contributed by atoms with Crippen molar-refractivity contribution in [3.63, 3.8) is 0 Å². The number of piperidine rings is 1. The standard InChI is InChI=1S/C13H23N3O2/c1-13(12(14)15-18)6-8-16(9-7-13)11(17)10-4-2-3-5-10/h10,18H,2-9H2,1H3,(H2,14,15). The minimum Gasteiger partial charge on any atom is -0.409 e. The summed E-state index contributed by atoms with van der Waals surface area (Å²) in [5, 5.41) is 11.9. The summed E-state index contributed by atoms with van der Waals surface area (Å²) in [7, 11) is 0. The number of nitrogens with zero attached hydrogens (tertiary/aromatic N) is 2. The van der Waals surface area contributed by atoms with Gasteiger partial charge in [-0.05, 0) is 25.7 Å². The number of carbonyl (C=O) groups is 1. The fourth-order valence-electron chi connectivity index (χ4n) is 3.03. The van der Waals surface area contributed by atoms with E-state index in [9.17, 15) is 4.79 Å². The Balaban J connectivity index is 1.92. The number of hydrogen-bond acceptors (Lipinski definition) is 3. The Morgan fingerprint density at radius 3 is 2.39 bits per heavy atom. The second-order valence-electron chi connectivity index (χ2n) is 5.85. The molecule has 1 aliphatic heterocycles. The lowest BCUT2D eigenvalue weighted by atomic mass is 9.79. The van der Waals surface area contributed by atoms with Gasteiger partial charge in [-0.15, -0.1) is 0 Å². The highest BCUT2D eigenvalue weighted by Crippen LogP contribution is 2.33. The van der Waals surface area contributed by atoms with E-state index < -0.39 is 0 Å². The molecular formula is C13H23N3O2. The minimum atomic E-state index is -0.263. The Kier molecular flexibility index (Phi) is 3.78. The van der Waals surface area contributed by atoms with Crippen LogP contribution in [0.15, 0.2) is 5.16 Å². The zero-order valence-corrected chi connectivity index (χ0v) is 11.1. The molecular weight excluding hydrogens is 230 g/mol. The molecule has 0 radical (unpaired) electrons. The lowest BCUT2D eigenvalue weighted by Crippen LogP contribution is -2.48. The number of rotatable bonds is 2. The lowest BCUT2D eigenvalue weighted by molar-refractivity contribution is -0.137. The zero-order chi connectivity index (χ0) is 13.2. The number of nitrogens with two attached hydrogens (primary N) is 1. The lowest BCUT2D eigenvalue weighted by Gasteiger charge is -2.39. The number of hydrogen-bond donors (Lipinski definition) is 2. The number of carbonyl (C=O) groups excluding carboxylic acids is 1. The van der Waals surface area contributed by atoms with Crippen molar-refractivity contribution in [1.29, 1.82) is 0 Å². The summed E-state index contributed by atoms with van der Waals surface area (Å²) in [6.45, 7) is 3.45. The van der Waals surface area contributed by atoms with Crippen molar-refractivity contribution >= 4 is 11.7 Å². The van der Waals surface area contributed by atoms with E-state index in [0.29, 0.717) is 5.91 Å². The van der Waals surface area contributed by atoms with Gasteiger partial charge in [0.25, 0.3) is 0 Å². The second kappa shape index (κ2) is 5.16. The molecule has 5 heteroatoms. The highest BCUT2D eigenvalue weighted by molar-refractivity contribution is 5.86. The molecule has 1 saturated carbocycles. The first-order valence-electron chi connectivity index (χ1n) is 6.83. The second-order valence-corrected chi connectivity index (χ2v) is 5.85. The fourth-order valence-corrected chi connectivity index (χ4v) is 3.03. The van der Waals surface area contributed by atoms with Crippen LogP contribution in [0.3, 0.4) is 0 Å². The molecule has 1 heterocycles. The molecule has 2 fully saturated rings. The van der Waals surface area contributed by atoms with E-state index in [-0.39, 0.29) is 17.2 Å². The molecule has 1 aliphatic carbocycles. The first-order chi connectivity index (χ1) is 8.57. The van der Waals surface area contributed by atoms with E-state index in [1.165, 1.54) is 12.8 Å². The Labute approximate surface area is 108 Å². The molecule has 102 valence electrons. The van der Waals surface area contributed by atoms with Gasteiger partial charge in [0.2, 0.25) is 5.91 Å². The van der Waals surface area contributed by atoms with Crippen LogP contribution in [-0.2, 0) is 4.79 Å². The normalized spacial score (nSPS) is 25.4. The van der Waals surface area contributed by atoms with Gasteiger partial charge in [-0.3, -0.25) is 4.79 Å². The largest absolute Gasteiger partial charge is 0.409 e. The van der Waals surface area contributed by atoms with Gasteiger partial charge in [-0.25, -0.2) is 0 Å². The van der Waals surface area contributed by atoms with Crippen molar-refractivity contribution in [2.24, 2.45) is 22.2 Å². The van der Waals surface area contributed by atoms with Crippen LogP contribution < -0.4 is 5.73 Å². The van der Waals surface area contributed by atoms with Gasteiger partial charge in [0, 0.05) is 24.4 Å². The third-order valence-electron chi connectivity index (χ3n) is 4.61. The van der Waals surface area contributed by atoms with Gasteiger partial charge in [0.05, 0.1) is 0 Å². The van der Waals surface area contributed by atoms with Gasteiger partial charge in [0.1, 0.15) is 5.84 Å². The average Bonchev–Trinajstić information content (AvgIpc) is 2.91. The predicted molar refractivity (Wildman–Crippen MR) is 69.3 cm³/mol. The van der Waals surface area contributed by atoms with Crippen molar-refractivity contribution in [3.05, 3.63) is 0 Å². The maximum absolute atomic E-state index is 12.3. The highest BCUT2D eigenvalue weighted by Gasteiger charge is 2.37. The van der Waals surface area contributed by atoms with Crippen molar-refractivity contribution in [2.75, 3.05) is 13.1 Å². The summed E-state index contributed by atoms with van der Waals surface area (Å²) in [5.74, 6) is 0.850. The van der Waals surface area contributed by atoms with Gasteiger partial charge >= 0.3 is 0 Å². The van der Waals surface area contributed by atoms with Crippen LogP contribution in [0.5, 0.6) is 0 Å². The van der Waals surface area contributed by atoms with E-state index in [4.69, 9.17) is 10.9 Å². The molecule has 0 aromatic rings. The Morgan fingerprint density at radius 2 is 1.89 bits per heavy atom. The van der Waals surface area contributed by atoms with Crippen molar-refractivity contribution in [1.82, 2.24) is 4.90 Å². The molecule has 5 nitrogen and oxygen atoms in total. The number of likely N-dealkylation sites (tertiary alicyclic amines) is 1. The highest BCUT2D eigenvalue weighted by atomic mass is 16.4. The van der Waals surface area contributed by atoms with Crippen LogP contribution in [0.25, 0.3) is 0 Å². The van der Waals surface area contributed by atoms with E-state index >= 15 is 0 Å². The molecule has 0 bridgehead atoms. The number of amides is 1. The molecule has 2 aliphatic rings. The molecule has 0 atom stereocenters. The first-order valence-corrected chi connectivity index (χ1v) is 6.83. The molecule has 18 heavy (non-hydrogen) atoms. The van der Waals surface area contributed by atoms with E-state index in [0.717, 1.165) is 38.8 Å². The quantitative estimate of drug-likeness (QED) is 0.339. The molecule has 1 amide bonds. The summed E-state index contributed by atoms with van der Waals surface area (Å²) in [6, 6.07) is 0. The minimum absolute atomic E-state index is 0.248. The third kappa shape index (κ3) is 2.44. The molecule has 0 spiro atoms. The third-order valence-corrected chi connectivity index (χ3v) is 4.61. The fraction of sp³-hybridized carbons (Fsp3) is 0.846.